The number of aromatic amines is 1. The summed E-state index contributed by atoms with van der Waals surface area (Å²) in [6, 6.07) is 4.30. The van der Waals surface area contributed by atoms with Crippen molar-refractivity contribution in [3.05, 3.63) is 62.9 Å². The van der Waals surface area contributed by atoms with Gasteiger partial charge < -0.3 is 19.1 Å². The molecule has 6 atom stereocenters. The molecule has 1 unspecified atom stereocenters. The summed E-state index contributed by atoms with van der Waals surface area (Å²) in [5.41, 5.74) is -4.53. The molecule has 0 amide bonds. The third-order valence-electron chi connectivity index (χ3n) is 6.84. The summed E-state index contributed by atoms with van der Waals surface area (Å²) in [6.07, 6.45) is -3.78. The minimum absolute atomic E-state index is 0.147. The van der Waals surface area contributed by atoms with E-state index in [-0.39, 0.29) is 11.3 Å². The molecule has 1 aromatic heterocycles. The van der Waals surface area contributed by atoms with Gasteiger partial charge in [0.1, 0.15) is 24.0 Å². The third-order valence-corrected chi connectivity index (χ3v) is 8.49. The van der Waals surface area contributed by atoms with Crippen molar-refractivity contribution in [3.8, 4) is 5.75 Å². The van der Waals surface area contributed by atoms with Crippen molar-refractivity contribution in [2.75, 3.05) is 6.61 Å². The first-order valence-corrected chi connectivity index (χ1v) is 14.8. The van der Waals surface area contributed by atoms with Crippen LogP contribution in [-0.2, 0) is 29.3 Å². The molecule has 232 valence electrons. The van der Waals surface area contributed by atoms with Crippen LogP contribution in [0.25, 0.3) is 0 Å². The standard InChI is InChI=1S/C26H33F3N3O9P/c1-14(2)39-22(35)15(3)31-42(37,41-18-9-7-17(8-10-18)26(28,29)16-5-6-16)38-13-19-21(34)25(4,27)23(40-19)32-12-11-20(33)30-24(32)36/h7-12,14-16,19,21,23,34H,5-6,13H2,1-4H3,(H,31,37)(H,30,33,36)/t15-,19+,21+,23+,25+,42?/m0/s1. The minimum Gasteiger partial charge on any atom is -0.462 e. The largest absolute Gasteiger partial charge is 0.462 e. The molecule has 1 aliphatic carbocycles. The quantitative estimate of drug-likeness (QED) is 0.238. The number of esters is 1. The number of alkyl halides is 3. The number of aromatic nitrogens is 2. The van der Waals surface area contributed by atoms with Crippen LogP contribution in [0.4, 0.5) is 13.2 Å². The summed E-state index contributed by atoms with van der Waals surface area (Å²) >= 11 is 0. The van der Waals surface area contributed by atoms with Crippen LogP contribution in [-0.4, -0.2) is 57.3 Å². The molecule has 16 heteroatoms. The lowest BCUT2D eigenvalue weighted by atomic mass is 9.98. The average molecular weight is 620 g/mol. The Morgan fingerprint density at radius 3 is 2.45 bits per heavy atom. The highest BCUT2D eigenvalue weighted by Gasteiger charge is 2.56. The van der Waals surface area contributed by atoms with Gasteiger partial charge in [-0.1, -0.05) is 0 Å². The van der Waals surface area contributed by atoms with E-state index >= 15 is 4.39 Å². The SMILES string of the molecule is CC(C)OC(=O)[C@H](C)NP(=O)(OC[C@H]1O[C@@H](n2ccc(=O)[nH]c2=O)[C@](C)(F)[C@@H]1O)Oc1ccc(C(F)(F)C2CC2)cc1. The number of hydrogen-bond acceptors (Lipinski definition) is 9. The topological polar surface area (TPSA) is 158 Å². The molecule has 1 aromatic carbocycles. The van der Waals surface area contributed by atoms with E-state index in [1.165, 1.54) is 19.1 Å². The van der Waals surface area contributed by atoms with Crippen molar-refractivity contribution in [2.45, 2.75) is 82.7 Å². The Labute approximate surface area is 238 Å². The van der Waals surface area contributed by atoms with Crippen LogP contribution >= 0.6 is 7.75 Å². The number of ether oxygens (including phenoxy) is 2. The van der Waals surface area contributed by atoms with Gasteiger partial charge in [0, 0.05) is 23.7 Å². The van der Waals surface area contributed by atoms with Gasteiger partial charge in [-0.15, -0.1) is 0 Å². The molecule has 42 heavy (non-hydrogen) atoms. The maximum atomic E-state index is 15.6. The van der Waals surface area contributed by atoms with Crippen molar-refractivity contribution in [3.63, 3.8) is 0 Å². The van der Waals surface area contributed by atoms with Gasteiger partial charge >= 0.3 is 19.4 Å². The zero-order valence-electron chi connectivity index (χ0n) is 23.3. The second-order valence-electron chi connectivity index (χ2n) is 10.8. The fourth-order valence-corrected chi connectivity index (χ4v) is 5.91. The number of benzene rings is 1. The van der Waals surface area contributed by atoms with Gasteiger partial charge in [-0.05, 0) is 64.8 Å². The summed E-state index contributed by atoms with van der Waals surface area (Å²) in [7, 11) is -4.55. The first-order valence-electron chi connectivity index (χ1n) is 13.3. The van der Waals surface area contributed by atoms with Gasteiger partial charge in [-0.3, -0.25) is 23.7 Å². The molecule has 2 heterocycles. The highest BCUT2D eigenvalue weighted by molar-refractivity contribution is 7.52. The predicted molar refractivity (Wildman–Crippen MR) is 142 cm³/mol. The average Bonchev–Trinajstić information content (AvgIpc) is 3.72. The number of carbonyl (C=O) groups is 1. The number of nitrogens with one attached hydrogen (secondary N) is 2. The molecule has 1 saturated heterocycles. The summed E-state index contributed by atoms with van der Waals surface area (Å²) in [5.74, 6) is -4.73. The van der Waals surface area contributed by atoms with E-state index in [1.807, 2.05) is 4.98 Å². The summed E-state index contributed by atoms with van der Waals surface area (Å²) in [6.45, 7) is 4.74. The number of aliphatic hydroxyl groups is 1. The van der Waals surface area contributed by atoms with Gasteiger partial charge in [0.25, 0.3) is 11.5 Å². The number of aliphatic hydroxyl groups excluding tert-OH is 1. The Kier molecular flexibility index (Phi) is 9.10. The molecule has 0 radical (unpaired) electrons. The minimum atomic E-state index is -4.55. The van der Waals surface area contributed by atoms with Crippen LogP contribution in [0.15, 0.2) is 46.1 Å². The molecule has 0 spiro atoms. The van der Waals surface area contributed by atoms with E-state index in [9.17, 15) is 32.8 Å². The van der Waals surface area contributed by atoms with Crippen molar-refractivity contribution < 1.29 is 46.2 Å². The molecule has 12 nitrogen and oxygen atoms in total. The Morgan fingerprint density at radius 2 is 1.88 bits per heavy atom. The monoisotopic (exact) mass is 619 g/mol. The molecule has 2 aromatic rings. The number of hydrogen-bond donors (Lipinski definition) is 3. The lowest BCUT2D eigenvalue weighted by Crippen LogP contribution is -2.43. The molecule has 2 fully saturated rings. The Balaban J connectivity index is 1.54. The number of H-pyrrole nitrogens is 1. The summed E-state index contributed by atoms with van der Waals surface area (Å²) in [5, 5.41) is 13.0. The van der Waals surface area contributed by atoms with Crippen LogP contribution in [0.3, 0.4) is 0 Å². The highest BCUT2D eigenvalue weighted by Crippen LogP contribution is 2.51. The normalized spacial score (nSPS) is 26.5. The molecule has 1 aliphatic heterocycles. The highest BCUT2D eigenvalue weighted by atomic mass is 31.2. The van der Waals surface area contributed by atoms with Crippen molar-refractivity contribution in [1.29, 1.82) is 0 Å². The van der Waals surface area contributed by atoms with E-state index in [0.29, 0.717) is 12.8 Å². The lowest BCUT2D eigenvalue weighted by molar-refractivity contribution is -0.149. The fourth-order valence-electron chi connectivity index (χ4n) is 4.41. The summed E-state index contributed by atoms with van der Waals surface area (Å²) < 4.78 is 80.7. The molecular formula is C26H33F3N3O9P. The molecule has 0 bridgehead atoms. The van der Waals surface area contributed by atoms with E-state index < -0.39 is 79.7 Å². The lowest BCUT2D eigenvalue weighted by Gasteiger charge is -2.25. The van der Waals surface area contributed by atoms with Crippen molar-refractivity contribution in [2.24, 2.45) is 5.92 Å². The first-order chi connectivity index (χ1) is 19.5. The Morgan fingerprint density at radius 1 is 1.24 bits per heavy atom. The fraction of sp³-hybridized carbons (Fsp3) is 0.577. The first kappa shape index (κ1) is 32.0. The maximum absolute atomic E-state index is 15.6. The van der Waals surface area contributed by atoms with Crippen molar-refractivity contribution in [1.82, 2.24) is 14.6 Å². The van der Waals surface area contributed by atoms with Gasteiger partial charge in [-0.25, -0.2) is 22.5 Å². The predicted octanol–water partition coefficient (Wildman–Crippen LogP) is 3.16. The second kappa shape index (κ2) is 12.0. The van der Waals surface area contributed by atoms with E-state index in [2.05, 4.69) is 5.09 Å². The Hall–Kier alpha value is -2.97. The van der Waals surface area contributed by atoms with Gasteiger partial charge in [0.15, 0.2) is 11.9 Å². The molecular weight excluding hydrogens is 586 g/mol. The van der Waals surface area contributed by atoms with E-state index in [0.717, 1.165) is 35.9 Å². The Bertz CT molecular complexity index is 1440. The number of rotatable bonds is 12. The van der Waals surface area contributed by atoms with Gasteiger partial charge in [0.05, 0.1) is 12.7 Å². The number of halogens is 3. The zero-order valence-corrected chi connectivity index (χ0v) is 24.2. The molecule has 2 aliphatic rings. The van der Waals surface area contributed by atoms with E-state index in [4.69, 9.17) is 18.5 Å². The number of nitrogens with zero attached hydrogens (tertiary/aromatic N) is 1. The maximum Gasteiger partial charge on any atom is 0.459 e. The number of carbonyl (C=O) groups excluding carboxylic acids is 1. The smallest absolute Gasteiger partial charge is 0.459 e. The van der Waals surface area contributed by atoms with Crippen LogP contribution in [0, 0.1) is 5.92 Å². The third kappa shape index (κ3) is 6.97. The molecule has 1 saturated carbocycles. The molecule has 4 rings (SSSR count). The van der Waals surface area contributed by atoms with Crippen LogP contribution in [0.2, 0.25) is 0 Å². The zero-order chi connectivity index (χ0) is 31.0. The second-order valence-corrected chi connectivity index (χ2v) is 12.5. The van der Waals surface area contributed by atoms with E-state index in [1.54, 1.807) is 13.8 Å². The van der Waals surface area contributed by atoms with Crippen LogP contribution in [0.5, 0.6) is 5.75 Å². The summed E-state index contributed by atoms with van der Waals surface area (Å²) in [4.78, 5) is 38.0. The molecule has 3 N–H and O–H groups in total. The van der Waals surface area contributed by atoms with Crippen LogP contribution in [0.1, 0.15) is 52.3 Å². The van der Waals surface area contributed by atoms with Crippen LogP contribution < -0.4 is 20.9 Å². The van der Waals surface area contributed by atoms with Crippen molar-refractivity contribution >= 4 is 13.7 Å². The van der Waals surface area contributed by atoms with Gasteiger partial charge in [0.2, 0.25) is 0 Å². The van der Waals surface area contributed by atoms with Gasteiger partial charge in [-0.2, -0.15) is 5.09 Å².